The van der Waals surface area contributed by atoms with Gasteiger partial charge in [0.05, 0.1) is 0 Å². The molecule has 0 saturated heterocycles. The molecule has 0 amide bonds. The second-order valence-electron chi connectivity index (χ2n) is 6.41. The molecule has 0 aliphatic carbocycles. The lowest BCUT2D eigenvalue weighted by atomic mass is 10.1. The number of hydrogen-bond donors (Lipinski definition) is 1. The van der Waals surface area contributed by atoms with Gasteiger partial charge in [0.1, 0.15) is 0 Å². The molecule has 19 heavy (non-hydrogen) atoms. The van der Waals surface area contributed by atoms with Crippen LogP contribution in [0.1, 0.15) is 79.1 Å². The highest BCUT2D eigenvalue weighted by Crippen LogP contribution is 2.45. The van der Waals surface area contributed by atoms with Gasteiger partial charge in [-0.3, -0.25) is 4.57 Å². The summed E-state index contributed by atoms with van der Waals surface area (Å²) >= 11 is 0. The van der Waals surface area contributed by atoms with Gasteiger partial charge in [-0.1, -0.05) is 79.1 Å². The third-order valence-corrected chi connectivity index (χ3v) is 6.18. The third kappa shape index (κ3) is 11.7. The fourth-order valence-corrected chi connectivity index (χ4v) is 5.18. The molecule has 0 fully saturated rings. The molecule has 0 aromatic carbocycles. The molecule has 3 heteroatoms. The predicted octanol–water partition coefficient (Wildman–Crippen LogP) is 5.69. The molecule has 0 saturated carbocycles. The number of rotatable bonds is 12. The summed E-state index contributed by atoms with van der Waals surface area (Å²) in [4.78, 5) is 10.1. The first-order chi connectivity index (χ1) is 8.91. The molecular formula is C16H35O2P. The van der Waals surface area contributed by atoms with E-state index in [0.717, 1.165) is 12.8 Å². The molecule has 0 aliphatic rings. The maximum Gasteiger partial charge on any atom is 0.201 e. The lowest BCUT2D eigenvalue weighted by Gasteiger charge is -2.20. The Morgan fingerprint density at radius 3 is 1.53 bits per heavy atom. The summed E-state index contributed by atoms with van der Waals surface area (Å²) in [6, 6.07) is 0. The van der Waals surface area contributed by atoms with Crippen LogP contribution in [0.4, 0.5) is 0 Å². The Bertz CT molecular complexity index is 231. The molecule has 0 aliphatic heterocycles. The Morgan fingerprint density at radius 1 is 0.842 bits per heavy atom. The van der Waals surface area contributed by atoms with Gasteiger partial charge in [0, 0.05) is 12.3 Å². The van der Waals surface area contributed by atoms with E-state index in [2.05, 4.69) is 27.7 Å². The zero-order valence-electron chi connectivity index (χ0n) is 13.5. The molecule has 0 aromatic rings. The molecular weight excluding hydrogens is 255 g/mol. The lowest BCUT2D eigenvalue weighted by Crippen LogP contribution is -2.09. The monoisotopic (exact) mass is 290 g/mol. The van der Waals surface area contributed by atoms with Crippen LogP contribution in [0.5, 0.6) is 0 Å². The highest BCUT2D eigenvalue weighted by molar-refractivity contribution is 7.58. The molecule has 0 radical (unpaired) electrons. The molecule has 2 unspecified atom stereocenters. The second kappa shape index (κ2) is 10.9. The van der Waals surface area contributed by atoms with Crippen molar-refractivity contribution in [1.82, 2.24) is 0 Å². The molecule has 1 N–H and O–H groups in total. The van der Waals surface area contributed by atoms with Crippen LogP contribution in [0.25, 0.3) is 0 Å². The van der Waals surface area contributed by atoms with Crippen molar-refractivity contribution in [2.75, 3.05) is 12.3 Å². The van der Waals surface area contributed by atoms with Gasteiger partial charge in [0.25, 0.3) is 0 Å². The van der Waals surface area contributed by atoms with E-state index in [4.69, 9.17) is 0 Å². The van der Waals surface area contributed by atoms with Crippen LogP contribution < -0.4 is 0 Å². The fourth-order valence-electron chi connectivity index (χ4n) is 2.72. The van der Waals surface area contributed by atoms with Crippen molar-refractivity contribution in [2.45, 2.75) is 79.1 Å². The minimum atomic E-state index is -2.90. The maximum atomic E-state index is 12.3. The summed E-state index contributed by atoms with van der Waals surface area (Å²) in [6.07, 6.45) is 10.6. The van der Waals surface area contributed by atoms with Crippen molar-refractivity contribution < 1.29 is 9.46 Å². The van der Waals surface area contributed by atoms with Gasteiger partial charge in [-0.15, -0.1) is 0 Å². The van der Waals surface area contributed by atoms with Crippen molar-refractivity contribution in [3.63, 3.8) is 0 Å². The van der Waals surface area contributed by atoms with E-state index in [9.17, 15) is 9.46 Å². The average molecular weight is 290 g/mol. The van der Waals surface area contributed by atoms with Gasteiger partial charge >= 0.3 is 0 Å². The summed E-state index contributed by atoms with van der Waals surface area (Å²) in [5.41, 5.74) is 0. The highest BCUT2D eigenvalue weighted by atomic mass is 31.2. The van der Waals surface area contributed by atoms with E-state index in [-0.39, 0.29) is 0 Å². The highest BCUT2D eigenvalue weighted by Gasteiger charge is 2.24. The molecule has 0 bridgehead atoms. The van der Waals surface area contributed by atoms with E-state index in [1.807, 2.05) is 0 Å². The molecule has 116 valence electrons. The fraction of sp³-hybridized carbons (Fsp3) is 1.00. The predicted molar refractivity (Wildman–Crippen MR) is 86.2 cm³/mol. The van der Waals surface area contributed by atoms with Gasteiger partial charge in [0.15, 0.2) is 0 Å². The van der Waals surface area contributed by atoms with Gasteiger partial charge in [-0.05, 0) is 11.8 Å². The van der Waals surface area contributed by atoms with Crippen molar-refractivity contribution in [2.24, 2.45) is 11.8 Å². The molecule has 0 heterocycles. The zero-order valence-corrected chi connectivity index (χ0v) is 14.4. The molecule has 0 spiro atoms. The van der Waals surface area contributed by atoms with Gasteiger partial charge in [-0.2, -0.15) is 0 Å². The van der Waals surface area contributed by atoms with Gasteiger partial charge in [-0.25, -0.2) is 0 Å². The van der Waals surface area contributed by atoms with Gasteiger partial charge < -0.3 is 4.89 Å². The molecule has 0 aromatic heterocycles. The second-order valence-corrected chi connectivity index (χ2v) is 8.84. The minimum Gasteiger partial charge on any atom is -0.344 e. The Kier molecular flexibility index (Phi) is 11.0. The van der Waals surface area contributed by atoms with Crippen molar-refractivity contribution in [3.05, 3.63) is 0 Å². The van der Waals surface area contributed by atoms with Crippen LogP contribution in [0.15, 0.2) is 0 Å². The first kappa shape index (κ1) is 19.2. The average Bonchev–Trinajstić information content (AvgIpc) is 2.28. The molecule has 2 nitrogen and oxygen atoms in total. The first-order valence-corrected chi connectivity index (χ1v) is 10.2. The number of hydrogen-bond acceptors (Lipinski definition) is 1. The third-order valence-electron chi connectivity index (χ3n) is 3.79. The van der Waals surface area contributed by atoms with Crippen LogP contribution in [-0.4, -0.2) is 17.2 Å². The van der Waals surface area contributed by atoms with Crippen molar-refractivity contribution >= 4 is 7.37 Å². The SMILES string of the molecule is CCCCCC(C)CP(=O)(O)CC(C)CCCCC. The van der Waals surface area contributed by atoms with Crippen molar-refractivity contribution in [1.29, 1.82) is 0 Å². The summed E-state index contributed by atoms with van der Waals surface area (Å²) in [6.45, 7) is 8.64. The standard InChI is InChI=1S/C16H35O2P/c1-5-7-9-11-15(3)13-19(17,18)14-16(4)12-10-8-6-2/h15-16H,5-14H2,1-4H3,(H,17,18). The summed E-state index contributed by atoms with van der Waals surface area (Å²) in [5, 5.41) is 0. The van der Waals surface area contributed by atoms with Gasteiger partial charge in [0.2, 0.25) is 7.37 Å². The molecule has 0 rings (SSSR count). The van der Waals surface area contributed by atoms with Crippen LogP contribution in [0.2, 0.25) is 0 Å². The lowest BCUT2D eigenvalue weighted by molar-refractivity contribution is 0.435. The van der Waals surface area contributed by atoms with Crippen LogP contribution in [-0.2, 0) is 4.57 Å². The number of unbranched alkanes of at least 4 members (excludes halogenated alkanes) is 4. The first-order valence-electron chi connectivity index (χ1n) is 8.22. The summed E-state index contributed by atoms with van der Waals surface area (Å²) in [7, 11) is -2.90. The van der Waals surface area contributed by atoms with E-state index < -0.39 is 7.37 Å². The normalized spacial score (nSPS) is 17.9. The molecule has 2 atom stereocenters. The maximum absolute atomic E-state index is 12.3. The Morgan fingerprint density at radius 2 is 1.21 bits per heavy atom. The topological polar surface area (TPSA) is 37.3 Å². The zero-order chi connectivity index (χ0) is 14.7. The van der Waals surface area contributed by atoms with Crippen LogP contribution >= 0.6 is 7.37 Å². The Labute approximate surface area is 120 Å². The summed E-state index contributed by atoms with van der Waals surface area (Å²) in [5.74, 6) is 0.787. The Hall–Kier alpha value is 0.190. The van der Waals surface area contributed by atoms with E-state index in [0.29, 0.717) is 24.2 Å². The van der Waals surface area contributed by atoms with E-state index >= 15 is 0 Å². The largest absolute Gasteiger partial charge is 0.344 e. The van der Waals surface area contributed by atoms with Crippen LogP contribution in [0, 0.1) is 11.8 Å². The van der Waals surface area contributed by atoms with Crippen molar-refractivity contribution in [3.8, 4) is 0 Å². The Balaban J connectivity index is 3.91. The smallest absolute Gasteiger partial charge is 0.201 e. The van der Waals surface area contributed by atoms with Crippen LogP contribution in [0.3, 0.4) is 0 Å². The van der Waals surface area contributed by atoms with E-state index in [1.165, 1.54) is 38.5 Å². The quantitative estimate of drug-likeness (QED) is 0.370. The van der Waals surface area contributed by atoms with E-state index in [1.54, 1.807) is 0 Å². The minimum absolute atomic E-state index is 0.394. The summed E-state index contributed by atoms with van der Waals surface area (Å²) < 4.78 is 12.3.